The fourth-order valence-corrected chi connectivity index (χ4v) is 3.95. The van der Waals surface area contributed by atoms with Gasteiger partial charge < -0.3 is 9.80 Å². The second kappa shape index (κ2) is 7.18. The lowest BCUT2D eigenvalue weighted by atomic mass is 10.2. The van der Waals surface area contributed by atoms with E-state index in [0.29, 0.717) is 36.7 Å². The molecule has 0 aliphatic carbocycles. The van der Waals surface area contributed by atoms with Crippen molar-refractivity contribution in [1.29, 1.82) is 0 Å². The first kappa shape index (κ1) is 17.3. The minimum absolute atomic E-state index is 0.0110. The number of nitrogens with zero attached hydrogens (tertiary/aromatic N) is 4. The van der Waals surface area contributed by atoms with E-state index in [1.807, 2.05) is 23.6 Å². The molecule has 1 fully saturated rings. The molecule has 1 aliphatic heterocycles. The lowest BCUT2D eigenvalue weighted by molar-refractivity contribution is -0.384. The zero-order valence-electron chi connectivity index (χ0n) is 14.3. The molecule has 0 bridgehead atoms. The molecule has 1 amide bonds. The van der Waals surface area contributed by atoms with Crippen LogP contribution >= 0.6 is 11.3 Å². The Hall–Kier alpha value is -2.48. The number of aryl methyl sites for hydroxylation is 2. The van der Waals surface area contributed by atoms with Crippen LogP contribution in [0.15, 0.2) is 24.3 Å². The highest BCUT2D eigenvalue weighted by atomic mass is 32.1. The summed E-state index contributed by atoms with van der Waals surface area (Å²) in [6.45, 7) is 6.14. The third kappa shape index (κ3) is 3.48. The zero-order valence-corrected chi connectivity index (χ0v) is 15.1. The molecular formula is C17H20N4O3S. The Morgan fingerprint density at radius 3 is 2.56 bits per heavy atom. The predicted molar refractivity (Wildman–Crippen MR) is 97.4 cm³/mol. The van der Waals surface area contributed by atoms with Crippen LogP contribution in [0.3, 0.4) is 0 Å². The molecule has 8 heteroatoms. The van der Waals surface area contributed by atoms with Crippen molar-refractivity contribution >= 4 is 28.6 Å². The molecule has 0 unspecified atom stereocenters. The molecule has 2 heterocycles. The van der Waals surface area contributed by atoms with Crippen LogP contribution in [0, 0.1) is 17.0 Å². The predicted octanol–water partition coefficient (Wildman–Crippen LogP) is 2.88. The molecule has 1 aliphatic rings. The largest absolute Gasteiger partial charge is 0.362 e. The topological polar surface area (TPSA) is 79.6 Å². The van der Waals surface area contributed by atoms with Crippen LogP contribution in [0.5, 0.6) is 0 Å². The van der Waals surface area contributed by atoms with Crippen LogP contribution in [0.25, 0.3) is 0 Å². The maximum atomic E-state index is 12.7. The first-order valence-corrected chi connectivity index (χ1v) is 9.06. The van der Waals surface area contributed by atoms with Gasteiger partial charge in [-0.25, -0.2) is 4.98 Å². The van der Waals surface area contributed by atoms with Gasteiger partial charge in [0, 0.05) is 32.2 Å². The van der Waals surface area contributed by atoms with Gasteiger partial charge in [0.2, 0.25) is 0 Å². The van der Waals surface area contributed by atoms with Crippen LogP contribution in [-0.4, -0.2) is 46.9 Å². The third-order valence-electron chi connectivity index (χ3n) is 4.32. The lowest BCUT2D eigenvalue weighted by Gasteiger charge is -2.35. The van der Waals surface area contributed by atoms with Crippen LogP contribution < -0.4 is 4.90 Å². The molecule has 1 saturated heterocycles. The van der Waals surface area contributed by atoms with Gasteiger partial charge in [-0.3, -0.25) is 14.9 Å². The summed E-state index contributed by atoms with van der Waals surface area (Å²) >= 11 is 1.46. The van der Waals surface area contributed by atoms with Gasteiger partial charge in [0.25, 0.3) is 11.6 Å². The van der Waals surface area contributed by atoms with Crippen molar-refractivity contribution < 1.29 is 9.72 Å². The monoisotopic (exact) mass is 360 g/mol. The molecule has 0 saturated carbocycles. The summed E-state index contributed by atoms with van der Waals surface area (Å²) in [4.78, 5) is 32.5. The minimum Gasteiger partial charge on any atom is -0.362 e. The van der Waals surface area contributed by atoms with Crippen LogP contribution in [0.2, 0.25) is 0 Å². The van der Waals surface area contributed by atoms with E-state index in [-0.39, 0.29) is 16.5 Å². The van der Waals surface area contributed by atoms with Gasteiger partial charge in [-0.05, 0) is 19.4 Å². The summed E-state index contributed by atoms with van der Waals surface area (Å²) in [7, 11) is 0. The number of nitro benzene ring substituents is 1. The van der Waals surface area contributed by atoms with Crippen molar-refractivity contribution in [3.05, 3.63) is 50.0 Å². The van der Waals surface area contributed by atoms with Gasteiger partial charge in [-0.15, -0.1) is 11.3 Å². The molecule has 3 rings (SSSR count). The fourth-order valence-electron chi connectivity index (χ4n) is 2.98. The van der Waals surface area contributed by atoms with Crippen molar-refractivity contribution in [3.8, 4) is 0 Å². The summed E-state index contributed by atoms with van der Waals surface area (Å²) in [5.41, 5.74) is 1.50. The van der Waals surface area contributed by atoms with Crippen molar-refractivity contribution in [1.82, 2.24) is 9.88 Å². The van der Waals surface area contributed by atoms with Crippen molar-refractivity contribution in [2.75, 3.05) is 31.1 Å². The highest BCUT2D eigenvalue weighted by Gasteiger charge is 2.27. The molecule has 2 aromatic rings. The number of piperazine rings is 1. The number of carbonyl (C=O) groups is 1. The Bertz CT molecular complexity index is 797. The molecule has 0 radical (unpaired) electrons. The molecule has 7 nitrogen and oxygen atoms in total. The smallest absolute Gasteiger partial charge is 0.292 e. The first-order chi connectivity index (χ1) is 12.0. The lowest BCUT2D eigenvalue weighted by Crippen LogP contribution is -2.48. The highest BCUT2D eigenvalue weighted by molar-refractivity contribution is 7.13. The van der Waals surface area contributed by atoms with Gasteiger partial charge in [0.15, 0.2) is 0 Å². The Balaban J connectivity index is 1.71. The Morgan fingerprint density at radius 1 is 1.28 bits per heavy atom. The molecule has 1 aromatic carbocycles. The van der Waals surface area contributed by atoms with Gasteiger partial charge >= 0.3 is 0 Å². The molecule has 0 atom stereocenters. The Labute approximate surface area is 150 Å². The third-order valence-corrected chi connectivity index (χ3v) is 5.61. The fraction of sp³-hybridized carbons (Fsp3) is 0.412. The number of rotatable bonds is 4. The number of thiazole rings is 1. The molecule has 1 aromatic heterocycles. The minimum atomic E-state index is -0.361. The Morgan fingerprint density at radius 2 is 1.96 bits per heavy atom. The number of para-hydroxylation sites is 2. The van der Waals surface area contributed by atoms with E-state index in [1.165, 1.54) is 17.4 Å². The van der Waals surface area contributed by atoms with E-state index in [4.69, 9.17) is 0 Å². The van der Waals surface area contributed by atoms with Gasteiger partial charge in [0.1, 0.15) is 10.6 Å². The van der Waals surface area contributed by atoms with Crippen LogP contribution in [0.4, 0.5) is 11.4 Å². The molecule has 0 N–H and O–H groups in total. The standard InChI is InChI=1S/C17H20N4O3S/c1-3-15-18-12(2)16(25-15)17(22)20-10-8-19(9-11-20)13-6-4-5-7-14(13)21(23)24/h4-7H,3,8-11H2,1-2H3. The average molecular weight is 360 g/mol. The van der Waals surface area contributed by atoms with E-state index in [2.05, 4.69) is 4.98 Å². The SMILES string of the molecule is CCc1nc(C)c(C(=O)N2CCN(c3ccccc3[N+](=O)[O-])CC2)s1. The summed E-state index contributed by atoms with van der Waals surface area (Å²) < 4.78 is 0. The first-order valence-electron chi connectivity index (χ1n) is 8.25. The number of anilines is 1. The summed E-state index contributed by atoms with van der Waals surface area (Å²) in [5.74, 6) is 0.0110. The number of hydrogen-bond acceptors (Lipinski definition) is 6. The van der Waals surface area contributed by atoms with E-state index in [1.54, 1.807) is 18.2 Å². The summed E-state index contributed by atoms with van der Waals surface area (Å²) in [6, 6.07) is 6.74. The summed E-state index contributed by atoms with van der Waals surface area (Å²) in [6.07, 6.45) is 0.824. The number of hydrogen-bond donors (Lipinski definition) is 0. The van der Waals surface area contributed by atoms with E-state index >= 15 is 0 Å². The quantitative estimate of drug-likeness (QED) is 0.619. The van der Waals surface area contributed by atoms with Crippen molar-refractivity contribution in [2.24, 2.45) is 0 Å². The number of aromatic nitrogens is 1. The number of benzene rings is 1. The van der Waals surface area contributed by atoms with E-state index in [0.717, 1.165) is 17.1 Å². The molecule has 132 valence electrons. The molecule has 25 heavy (non-hydrogen) atoms. The molecular weight excluding hydrogens is 340 g/mol. The Kier molecular flexibility index (Phi) is 4.98. The van der Waals surface area contributed by atoms with Gasteiger partial charge in [0.05, 0.1) is 15.6 Å². The highest BCUT2D eigenvalue weighted by Crippen LogP contribution is 2.29. The van der Waals surface area contributed by atoms with Crippen molar-refractivity contribution in [3.63, 3.8) is 0 Å². The van der Waals surface area contributed by atoms with Crippen molar-refractivity contribution in [2.45, 2.75) is 20.3 Å². The average Bonchev–Trinajstić information content (AvgIpc) is 3.02. The molecule has 0 spiro atoms. The normalized spacial score (nSPS) is 14.6. The zero-order chi connectivity index (χ0) is 18.0. The van der Waals surface area contributed by atoms with Crippen LogP contribution in [-0.2, 0) is 6.42 Å². The van der Waals surface area contributed by atoms with Gasteiger partial charge in [-0.1, -0.05) is 19.1 Å². The number of nitro groups is 1. The second-order valence-corrected chi connectivity index (χ2v) is 6.98. The second-order valence-electron chi connectivity index (χ2n) is 5.90. The summed E-state index contributed by atoms with van der Waals surface area (Å²) in [5, 5.41) is 12.2. The maximum Gasteiger partial charge on any atom is 0.292 e. The van der Waals surface area contributed by atoms with E-state index < -0.39 is 0 Å². The number of carbonyl (C=O) groups excluding carboxylic acids is 1. The maximum absolute atomic E-state index is 12.7. The number of amides is 1. The van der Waals surface area contributed by atoms with Gasteiger partial charge in [-0.2, -0.15) is 0 Å². The van der Waals surface area contributed by atoms with Crippen LogP contribution in [0.1, 0.15) is 27.3 Å². The van der Waals surface area contributed by atoms with E-state index in [9.17, 15) is 14.9 Å².